The molecule has 1 aromatic carbocycles. The number of amides is 2. The predicted octanol–water partition coefficient (Wildman–Crippen LogP) is 1.52. The first-order chi connectivity index (χ1) is 13.5. The fourth-order valence-electron chi connectivity index (χ4n) is 2.97. The standard InChI is InChI=1S/C19H22N2O7/c1-3-12-16(18(23)25-4-2)13(21-19(24)20-12)10-28-17(22)11-5-6-14-15(9-11)27-8-7-26-14/h5-6,9,12H,3-4,7-8,10H2,1-2H3,(H2,20,21,24)/t12-/m1/s1. The van der Waals surface area contributed by atoms with Crippen LogP contribution < -0.4 is 20.1 Å². The van der Waals surface area contributed by atoms with Gasteiger partial charge in [-0.1, -0.05) is 6.92 Å². The van der Waals surface area contributed by atoms with Crippen LogP contribution in [0, 0.1) is 0 Å². The lowest BCUT2D eigenvalue weighted by atomic mass is 10.0. The number of benzene rings is 1. The van der Waals surface area contributed by atoms with Crippen LogP contribution in [0.25, 0.3) is 0 Å². The van der Waals surface area contributed by atoms with Crippen LogP contribution in [-0.2, 0) is 14.3 Å². The second-order valence-electron chi connectivity index (χ2n) is 6.11. The van der Waals surface area contributed by atoms with Crippen LogP contribution >= 0.6 is 0 Å². The van der Waals surface area contributed by atoms with Gasteiger partial charge in [0.1, 0.15) is 19.8 Å². The summed E-state index contributed by atoms with van der Waals surface area (Å²) in [5, 5.41) is 5.19. The number of ether oxygens (including phenoxy) is 4. The molecule has 0 bridgehead atoms. The van der Waals surface area contributed by atoms with Gasteiger partial charge in [0.2, 0.25) is 0 Å². The highest BCUT2D eigenvalue weighted by Gasteiger charge is 2.32. The molecule has 0 fully saturated rings. The van der Waals surface area contributed by atoms with Gasteiger partial charge in [-0.05, 0) is 31.5 Å². The van der Waals surface area contributed by atoms with Crippen molar-refractivity contribution in [3.05, 3.63) is 35.0 Å². The van der Waals surface area contributed by atoms with Gasteiger partial charge in [0.05, 0.1) is 29.5 Å². The van der Waals surface area contributed by atoms with E-state index in [4.69, 9.17) is 18.9 Å². The van der Waals surface area contributed by atoms with Crippen LogP contribution in [-0.4, -0.2) is 50.4 Å². The SMILES string of the molecule is CCOC(=O)C1=C(COC(=O)c2ccc3c(c2)OCCO3)NC(=O)N[C@@H]1CC. The zero-order valence-electron chi connectivity index (χ0n) is 15.7. The van der Waals surface area contributed by atoms with E-state index in [0.29, 0.717) is 31.1 Å². The Kier molecular flexibility index (Phi) is 6.03. The summed E-state index contributed by atoms with van der Waals surface area (Å²) >= 11 is 0. The monoisotopic (exact) mass is 390 g/mol. The first-order valence-corrected chi connectivity index (χ1v) is 9.07. The Balaban J connectivity index is 1.77. The van der Waals surface area contributed by atoms with Crippen molar-refractivity contribution in [3.63, 3.8) is 0 Å². The molecule has 3 rings (SSSR count). The lowest BCUT2D eigenvalue weighted by molar-refractivity contribution is -0.139. The van der Waals surface area contributed by atoms with Crippen LogP contribution in [0.3, 0.4) is 0 Å². The molecular weight excluding hydrogens is 368 g/mol. The van der Waals surface area contributed by atoms with Gasteiger partial charge >= 0.3 is 18.0 Å². The summed E-state index contributed by atoms with van der Waals surface area (Å²) in [6.07, 6.45) is 0.487. The van der Waals surface area contributed by atoms with E-state index in [1.807, 2.05) is 6.92 Å². The van der Waals surface area contributed by atoms with E-state index in [-0.39, 0.29) is 30.0 Å². The van der Waals surface area contributed by atoms with E-state index in [9.17, 15) is 14.4 Å². The Bertz CT molecular complexity index is 819. The molecule has 0 aromatic heterocycles. The molecule has 1 atom stereocenters. The molecule has 9 nitrogen and oxygen atoms in total. The summed E-state index contributed by atoms with van der Waals surface area (Å²) in [7, 11) is 0. The Labute approximate surface area is 162 Å². The minimum Gasteiger partial charge on any atom is -0.486 e. The predicted molar refractivity (Wildman–Crippen MR) is 97.1 cm³/mol. The van der Waals surface area contributed by atoms with Gasteiger partial charge in [-0.2, -0.15) is 0 Å². The van der Waals surface area contributed by atoms with Crippen molar-refractivity contribution in [2.75, 3.05) is 26.4 Å². The smallest absolute Gasteiger partial charge is 0.338 e. The van der Waals surface area contributed by atoms with Crippen molar-refractivity contribution in [3.8, 4) is 11.5 Å². The summed E-state index contributed by atoms with van der Waals surface area (Å²) < 4.78 is 21.3. The molecule has 0 unspecified atom stereocenters. The van der Waals surface area contributed by atoms with Crippen LogP contribution in [0.5, 0.6) is 11.5 Å². The summed E-state index contributed by atoms with van der Waals surface area (Å²) in [5.41, 5.74) is 0.730. The number of urea groups is 1. The second kappa shape index (κ2) is 8.64. The van der Waals surface area contributed by atoms with E-state index in [2.05, 4.69) is 10.6 Å². The molecule has 9 heteroatoms. The number of hydrogen-bond acceptors (Lipinski definition) is 7. The largest absolute Gasteiger partial charge is 0.486 e. The molecule has 150 valence electrons. The van der Waals surface area contributed by atoms with E-state index in [1.54, 1.807) is 19.1 Å². The molecule has 1 aromatic rings. The van der Waals surface area contributed by atoms with Crippen LogP contribution in [0.1, 0.15) is 30.6 Å². The van der Waals surface area contributed by atoms with Gasteiger partial charge < -0.3 is 29.6 Å². The van der Waals surface area contributed by atoms with Gasteiger partial charge in [-0.3, -0.25) is 0 Å². The summed E-state index contributed by atoms with van der Waals surface area (Å²) in [4.78, 5) is 36.6. The Morgan fingerprint density at radius 3 is 2.57 bits per heavy atom. The van der Waals surface area contributed by atoms with Crippen molar-refractivity contribution in [2.45, 2.75) is 26.3 Å². The maximum Gasteiger partial charge on any atom is 0.338 e. The third kappa shape index (κ3) is 4.19. The van der Waals surface area contributed by atoms with Crippen molar-refractivity contribution >= 4 is 18.0 Å². The molecule has 2 aliphatic heterocycles. The summed E-state index contributed by atoms with van der Waals surface area (Å²) in [6.45, 7) is 4.29. The third-order valence-electron chi connectivity index (χ3n) is 4.27. The molecular formula is C19H22N2O7. The molecule has 0 radical (unpaired) electrons. The molecule has 0 saturated heterocycles. The lowest BCUT2D eigenvalue weighted by Crippen LogP contribution is -2.51. The van der Waals surface area contributed by atoms with Crippen LogP contribution in [0.15, 0.2) is 29.5 Å². The maximum atomic E-state index is 12.4. The first-order valence-electron chi connectivity index (χ1n) is 9.07. The van der Waals surface area contributed by atoms with Gasteiger partial charge in [0.25, 0.3) is 0 Å². The van der Waals surface area contributed by atoms with E-state index in [1.165, 1.54) is 6.07 Å². The van der Waals surface area contributed by atoms with E-state index in [0.717, 1.165) is 0 Å². The molecule has 2 amide bonds. The third-order valence-corrected chi connectivity index (χ3v) is 4.27. The van der Waals surface area contributed by atoms with E-state index < -0.39 is 24.0 Å². The quantitative estimate of drug-likeness (QED) is 0.708. The molecule has 0 aliphatic carbocycles. The highest BCUT2D eigenvalue weighted by molar-refractivity contribution is 5.95. The molecule has 0 spiro atoms. The maximum absolute atomic E-state index is 12.4. The average molecular weight is 390 g/mol. The Hall–Kier alpha value is -3.23. The summed E-state index contributed by atoms with van der Waals surface area (Å²) in [6, 6.07) is 3.74. The minimum atomic E-state index is -0.617. The number of esters is 2. The fourth-order valence-corrected chi connectivity index (χ4v) is 2.97. The number of carbonyl (C=O) groups is 3. The van der Waals surface area contributed by atoms with Gasteiger partial charge in [0, 0.05) is 0 Å². The molecule has 0 saturated carbocycles. The lowest BCUT2D eigenvalue weighted by Gasteiger charge is -2.28. The fraction of sp³-hybridized carbons (Fsp3) is 0.421. The van der Waals surface area contributed by atoms with E-state index >= 15 is 0 Å². The van der Waals surface area contributed by atoms with Gasteiger partial charge in [0.15, 0.2) is 11.5 Å². The topological polar surface area (TPSA) is 112 Å². The molecule has 2 N–H and O–H groups in total. The summed E-state index contributed by atoms with van der Waals surface area (Å²) in [5.74, 6) is -0.152. The van der Waals surface area contributed by atoms with Crippen molar-refractivity contribution in [1.82, 2.24) is 10.6 Å². The minimum absolute atomic E-state index is 0.191. The Morgan fingerprint density at radius 2 is 1.86 bits per heavy atom. The zero-order chi connectivity index (χ0) is 20.1. The van der Waals surface area contributed by atoms with Gasteiger partial charge in [-0.25, -0.2) is 14.4 Å². The average Bonchev–Trinajstić information content (AvgIpc) is 2.71. The number of carbonyl (C=O) groups excluding carboxylic acids is 3. The molecule has 2 aliphatic rings. The first kappa shape index (κ1) is 19.5. The van der Waals surface area contributed by atoms with Gasteiger partial charge in [-0.15, -0.1) is 0 Å². The Morgan fingerprint density at radius 1 is 1.11 bits per heavy atom. The number of nitrogens with one attached hydrogen (secondary N) is 2. The number of hydrogen-bond donors (Lipinski definition) is 2. The molecule has 28 heavy (non-hydrogen) atoms. The van der Waals surface area contributed by atoms with Crippen LogP contribution in [0.2, 0.25) is 0 Å². The van der Waals surface area contributed by atoms with Crippen LogP contribution in [0.4, 0.5) is 4.79 Å². The number of fused-ring (bicyclic) bond motifs is 1. The second-order valence-corrected chi connectivity index (χ2v) is 6.11. The highest BCUT2D eigenvalue weighted by Crippen LogP contribution is 2.31. The highest BCUT2D eigenvalue weighted by atomic mass is 16.6. The van der Waals surface area contributed by atoms with Crippen molar-refractivity contribution in [1.29, 1.82) is 0 Å². The molecule has 2 heterocycles. The zero-order valence-corrected chi connectivity index (χ0v) is 15.7. The van der Waals surface area contributed by atoms with Crippen molar-refractivity contribution in [2.24, 2.45) is 0 Å². The van der Waals surface area contributed by atoms with Crippen molar-refractivity contribution < 1.29 is 33.3 Å². The number of rotatable bonds is 6. The normalized spacial score (nSPS) is 18.1.